The molecular weight excluding hydrogens is 410 g/mol. The summed E-state index contributed by atoms with van der Waals surface area (Å²) in [6.45, 7) is 9.16. The number of hydrogen-bond donors (Lipinski definition) is 0. The number of Topliss-reactive ketones (excluding diaryl/α,β-unsaturated/α-hetero) is 2. The predicted molar refractivity (Wildman–Crippen MR) is 134 cm³/mol. The third-order valence-corrected chi connectivity index (χ3v) is 7.53. The molecule has 5 nitrogen and oxygen atoms in total. The van der Waals surface area contributed by atoms with Crippen molar-refractivity contribution >= 4 is 33.4 Å². The maximum absolute atomic E-state index is 13.0. The van der Waals surface area contributed by atoms with Crippen LogP contribution in [0, 0.1) is 0 Å². The lowest BCUT2D eigenvalue weighted by Gasteiger charge is -2.13. The molecular formula is C28H35N3O2. The van der Waals surface area contributed by atoms with Gasteiger partial charge in [0.1, 0.15) is 0 Å². The van der Waals surface area contributed by atoms with Crippen LogP contribution < -0.4 is 0 Å². The number of hydrogen-bond acceptors (Lipinski definition) is 4. The van der Waals surface area contributed by atoms with Gasteiger partial charge in [0.2, 0.25) is 0 Å². The van der Waals surface area contributed by atoms with Crippen LogP contribution in [0.15, 0.2) is 36.4 Å². The van der Waals surface area contributed by atoms with E-state index >= 15 is 0 Å². The van der Waals surface area contributed by atoms with E-state index in [0.717, 1.165) is 78.7 Å². The van der Waals surface area contributed by atoms with E-state index in [2.05, 4.69) is 45.6 Å². The average Bonchev–Trinajstić information content (AvgIpc) is 3.60. The Morgan fingerprint density at radius 1 is 0.697 bits per heavy atom. The number of rotatable bonds is 9. The van der Waals surface area contributed by atoms with E-state index in [9.17, 15) is 9.59 Å². The van der Waals surface area contributed by atoms with Gasteiger partial charge >= 0.3 is 0 Å². The van der Waals surface area contributed by atoms with Gasteiger partial charge in [-0.1, -0.05) is 0 Å². The normalized spacial score (nSPS) is 17.5. The fourth-order valence-electron chi connectivity index (χ4n) is 5.61. The zero-order valence-electron chi connectivity index (χ0n) is 19.8. The van der Waals surface area contributed by atoms with Crippen LogP contribution in [-0.4, -0.2) is 65.2 Å². The van der Waals surface area contributed by atoms with E-state index in [-0.39, 0.29) is 11.6 Å². The fourth-order valence-corrected chi connectivity index (χ4v) is 5.61. The summed E-state index contributed by atoms with van der Waals surface area (Å²) in [6.07, 6.45) is 6.12. The van der Waals surface area contributed by atoms with Gasteiger partial charge in [0.25, 0.3) is 0 Å². The summed E-state index contributed by atoms with van der Waals surface area (Å²) in [5.41, 5.74) is 3.82. The second kappa shape index (κ2) is 9.78. The molecule has 0 saturated carbocycles. The van der Waals surface area contributed by atoms with Crippen LogP contribution in [0.2, 0.25) is 0 Å². The molecule has 3 heterocycles. The van der Waals surface area contributed by atoms with Crippen molar-refractivity contribution in [2.45, 2.75) is 52.0 Å². The molecule has 174 valence electrons. The molecule has 0 unspecified atom stereocenters. The van der Waals surface area contributed by atoms with E-state index in [1.807, 2.05) is 12.1 Å². The number of aryl methyl sites for hydroxylation is 1. The molecule has 0 atom stereocenters. The molecule has 3 aromatic rings. The summed E-state index contributed by atoms with van der Waals surface area (Å²) in [5.74, 6) is 0.415. The van der Waals surface area contributed by atoms with Crippen molar-refractivity contribution in [3.8, 4) is 0 Å². The van der Waals surface area contributed by atoms with Crippen molar-refractivity contribution in [2.24, 2.45) is 0 Å². The van der Waals surface area contributed by atoms with Gasteiger partial charge in [-0.2, -0.15) is 0 Å². The first-order valence-electron chi connectivity index (χ1n) is 12.7. The third-order valence-electron chi connectivity index (χ3n) is 7.53. The SMILES string of the molecule is CCn1c2ccc(C(=O)CCN3CCCC3)cc2c2cc(C(=O)CCN3CCCC3)ccc21. The number of ketones is 2. The average molecular weight is 446 g/mol. The predicted octanol–water partition coefficient (Wildman–Crippen LogP) is 5.15. The van der Waals surface area contributed by atoms with Gasteiger partial charge in [0.15, 0.2) is 11.6 Å². The number of fused-ring (bicyclic) bond motifs is 3. The summed E-state index contributed by atoms with van der Waals surface area (Å²) < 4.78 is 2.28. The monoisotopic (exact) mass is 445 g/mol. The first-order chi connectivity index (χ1) is 16.1. The second-order valence-corrected chi connectivity index (χ2v) is 9.65. The zero-order valence-corrected chi connectivity index (χ0v) is 19.8. The van der Waals surface area contributed by atoms with Gasteiger partial charge in [0.05, 0.1) is 0 Å². The molecule has 2 fully saturated rings. The van der Waals surface area contributed by atoms with Crippen molar-refractivity contribution in [1.29, 1.82) is 0 Å². The highest BCUT2D eigenvalue weighted by atomic mass is 16.1. The summed E-state index contributed by atoms with van der Waals surface area (Å²) in [7, 11) is 0. The van der Waals surface area contributed by atoms with Gasteiger partial charge in [-0.3, -0.25) is 9.59 Å². The van der Waals surface area contributed by atoms with Crippen LogP contribution in [0.4, 0.5) is 0 Å². The zero-order chi connectivity index (χ0) is 22.8. The molecule has 2 aliphatic rings. The molecule has 2 saturated heterocycles. The van der Waals surface area contributed by atoms with E-state index in [0.29, 0.717) is 12.8 Å². The maximum Gasteiger partial charge on any atom is 0.164 e. The number of benzene rings is 2. The first-order valence-corrected chi connectivity index (χ1v) is 12.7. The lowest BCUT2D eigenvalue weighted by molar-refractivity contribution is 0.0961. The number of carbonyl (C=O) groups excluding carboxylic acids is 2. The Morgan fingerprint density at radius 2 is 1.12 bits per heavy atom. The second-order valence-electron chi connectivity index (χ2n) is 9.65. The van der Waals surface area contributed by atoms with Crippen LogP contribution in [0.1, 0.15) is 66.2 Å². The summed E-state index contributed by atoms with van der Waals surface area (Å²) in [4.78, 5) is 30.7. The molecule has 2 aromatic carbocycles. The Labute approximate surface area is 196 Å². The number of nitrogens with zero attached hydrogens (tertiary/aromatic N) is 3. The molecule has 5 rings (SSSR count). The van der Waals surface area contributed by atoms with Gasteiger partial charge in [-0.15, -0.1) is 0 Å². The standard InChI is InChI=1S/C28H35N3O2/c1-2-31-25-9-7-21(27(32)11-17-29-13-3-4-14-29)19-23(25)24-20-22(8-10-26(24)31)28(33)12-18-30-15-5-6-16-30/h7-10,19-20H,2-6,11-18H2,1H3. The van der Waals surface area contributed by atoms with Crippen LogP contribution in [0.3, 0.4) is 0 Å². The summed E-state index contributed by atoms with van der Waals surface area (Å²) in [6, 6.07) is 12.2. The van der Waals surface area contributed by atoms with Crippen molar-refractivity contribution in [2.75, 3.05) is 39.3 Å². The van der Waals surface area contributed by atoms with Crippen LogP contribution >= 0.6 is 0 Å². The highest BCUT2D eigenvalue weighted by Crippen LogP contribution is 2.31. The molecule has 0 aliphatic carbocycles. The fraction of sp³-hybridized carbons (Fsp3) is 0.500. The van der Waals surface area contributed by atoms with Crippen LogP contribution in [0.5, 0.6) is 0 Å². The quantitative estimate of drug-likeness (QED) is 0.427. The van der Waals surface area contributed by atoms with E-state index in [4.69, 9.17) is 0 Å². The minimum absolute atomic E-state index is 0.207. The van der Waals surface area contributed by atoms with Crippen molar-refractivity contribution in [1.82, 2.24) is 14.4 Å². The van der Waals surface area contributed by atoms with Gasteiger partial charge in [-0.25, -0.2) is 0 Å². The van der Waals surface area contributed by atoms with Crippen LogP contribution in [0.25, 0.3) is 21.8 Å². The van der Waals surface area contributed by atoms with Gasteiger partial charge in [-0.05, 0) is 95.2 Å². The molecule has 0 N–H and O–H groups in total. The minimum atomic E-state index is 0.207. The highest BCUT2D eigenvalue weighted by Gasteiger charge is 2.18. The van der Waals surface area contributed by atoms with Crippen LogP contribution in [-0.2, 0) is 6.54 Å². The number of carbonyl (C=O) groups is 2. The highest BCUT2D eigenvalue weighted by molar-refractivity contribution is 6.13. The van der Waals surface area contributed by atoms with E-state index in [1.165, 1.54) is 25.7 Å². The lowest BCUT2D eigenvalue weighted by Crippen LogP contribution is -2.22. The Kier molecular flexibility index (Phi) is 6.61. The summed E-state index contributed by atoms with van der Waals surface area (Å²) >= 11 is 0. The lowest BCUT2D eigenvalue weighted by atomic mass is 10.0. The molecule has 5 heteroatoms. The van der Waals surface area contributed by atoms with Crippen molar-refractivity contribution in [3.05, 3.63) is 47.5 Å². The van der Waals surface area contributed by atoms with E-state index < -0.39 is 0 Å². The minimum Gasteiger partial charge on any atom is -0.341 e. The smallest absolute Gasteiger partial charge is 0.164 e. The van der Waals surface area contributed by atoms with Gasteiger partial charge in [0, 0.05) is 65.4 Å². The third kappa shape index (κ3) is 4.62. The maximum atomic E-state index is 13.0. The Hall–Kier alpha value is -2.50. The molecule has 2 aliphatic heterocycles. The molecule has 33 heavy (non-hydrogen) atoms. The van der Waals surface area contributed by atoms with E-state index in [1.54, 1.807) is 0 Å². The largest absolute Gasteiger partial charge is 0.341 e. The van der Waals surface area contributed by atoms with Crippen molar-refractivity contribution in [3.63, 3.8) is 0 Å². The number of aromatic nitrogens is 1. The first kappa shape index (κ1) is 22.3. The molecule has 0 spiro atoms. The Morgan fingerprint density at radius 3 is 1.52 bits per heavy atom. The number of likely N-dealkylation sites (tertiary alicyclic amines) is 2. The molecule has 1 aromatic heterocycles. The molecule has 0 radical (unpaired) electrons. The molecule has 0 bridgehead atoms. The van der Waals surface area contributed by atoms with Crippen molar-refractivity contribution < 1.29 is 9.59 Å². The Bertz CT molecular complexity index is 1080. The Balaban J connectivity index is 1.41. The molecule has 0 amide bonds. The van der Waals surface area contributed by atoms with Gasteiger partial charge < -0.3 is 14.4 Å². The topological polar surface area (TPSA) is 45.6 Å². The summed E-state index contributed by atoms with van der Waals surface area (Å²) in [5, 5.41) is 2.15.